The summed E-state index contributed by atoms with van der Waals surface area (Å²) in [5, 5.41) is 0. The summed E-state index contributed by atoms with van der Waals surface area (Å²) in [6.07, 6.45) is -0.267. The van der Waals surface area contributed by atoms with Crippen LogP contribution in [0.4, 0.5) is 0 Å². The van der Waals surface area contributed by atoms with Gasteiger partial charge in [-0.25, -0.2) is 0 Å². The molecule has 0 aliphatic rings. The number of hydrogen-bond acceptors (Lipinski definition) is 4. The molecule has 13 heavy (non-hydrogen) atoms. The Morgan fingerprint density at radius 3 is 2.00 bits per heavy atom. The first-order chi connectivity index (χ1) is 6.16. The number of methoxy groups -OCH3 is 3. The van der Waals surface area contributed by atoms with Crippen molar-refractivity contribution < 1.29 is 18.6 Å². The van der Waals surface area contributed by atoms with E-state index in [4.69, 9.17) is 18.6 Å². The van der Waals surface area contributed by atoms with Crippen molar-refractivity contribution in [3.63, 3.8) is 0 Å². The Hall–Kier alpha value is -0.203. The molecule has 0 bridgehead atoms. The molecule has 0 heterocycles. The molecule has 0 N–H and O–H groups in total. The maximum absolute atomic E-state index is 5.48. The molecule has 78 valence electrons. The van der Waals surface area contributed by atoms with E-state index in [-0.39, 0.29) is 6.10 Å². The minimum absolute atomic E-state index is 0.267. The Balaban J connectivity index is 4.24. The van der Waals surface area contributed by atoms with Gasteiger partial charge < -0.3 is 18.6 Å². The molecule has 0 fully saturated rings. The molecule has 0 aliphatic carbocycles. The lowest BCUT2D eigenvalue weighted by molar-refractivity contribution is -0.381. The van der Waals surface area contributed by atoms with Crippen LogP contribution in [-0.4, -0.2) is 43.2 Å². The summed E-state index contributed by atoms with van der Waals surface area (Å²) in [7, 11) is 3.84. The second kappa shape index (κ2) is 6.28. The number of ether oxygens (including phenoxy) is 3. The van der Waals surface area contributed by atoms with Gasteiger partial charge in [0.25, 0.3) is 0 Å². The van der Waals surface area contributed by atoms with Crippen molar-refractivity contribution in [3.8, 4) is 0 Å². The fraction of sp³-hybridized carbons (Fsp3) is 0.750. The molecule has 4 nitrogen and oxygen atoms in total. The molecular formula is C8H18O4Si. The van der Waals surface area contributed by atoms with Gasteiger partial charge in [-0.2, -0.15) is 0 Å². The van der Waals surface area contributed by atoms with Crippen molar-refractivity contribution in [2.75, 3.05) is 21.3 Å². The van der Waals surface area contributed by atoms with Crippen molar-refractivity contribution >= 4 is 9.76 Å². The van der Waals surface area contributed by atoms with Gasteiger partial charge in [0.2, 0.25) is 0 Å². The maximum atomic E-state index is 5.48. The zero-order chi connectivity index (χ0) is 10.3. The highest BCUT2D eigenvalue weighted by Gasteiger charge is 2.37. The molecule has 1 unspecified atom stereocenters. The van der Waals surface area contributed by atoms with E-state index in [1.165, 1.54) is 21.3 Å². The predicted molar refractivity (Wildman–Crippen MR) is 53.0 cm³/mol. The summed E-state index contributed by atoms with van der Waals surface area (Å²) < 4.78 is 20.8. The average Bonchev–Trinajstić information content (AvgIpc) is 2.18. The maximum Gasteiger partial charge on any atom is 0.308 e. The Morgan fingerprint density at radius 2 is 1.69 bits per heavy atom. The number of hydrogen-bond donors (Lipinski definition) is 0. The summed E-state index contributed by atoms with van der Waals surface area (Å²) >= 11 is 0. The standard InChI is InChI=1S/C8H18O4Si/c1-6-13-12-7(2)8(9-3,10-4)11-5/h6-7H,1,13H2,2-5H3. The van der Waals surface area contributed by atoms with Gasteiger partial charge in [-0.15, -0.1) is 6.58 Å². The van der Waals surface area contributed by atoms with Crippen LogP contribution in [0.2, 0.25) is 0 Å². The molecule has 5 heteroatoms. The van der Waals surface area contributed by atoms with E-state index in [1.807, 2.05) is 6.92 Å². The molecule has 1 atom stereocenters. The molecule has 0 saturated heterocycles. The van der Waals surface area contributed by atoms with Crippen LogP contribution in [0.15, 0.2) is 12.3 Å². The lowest BCUT2D eigenvalue weighted by atomic mass is 10.3. The third-order valence-corrected chi connectivity index (χ3v) is 2.74. The van der Waals surface area contributed by atoms with Gasteiger partial charge in [-0.1, -0.05) is 5.70 Å². The van der Waals surface area contributed by atoms with Crippen LogP contribution in [-0.2, 0) is 18.6 Å². The zero-order valence-corrected chi connectivity index (χ0v) is 10.1. The van der Waals surface area contributed by atoms with Crippen molar-refractivity contribution in [2.24, 2.45) is 0 Å². The fourth-order valence-corrected chi connectivity index (χ4v) is 1.69. The fourth-order valence-electron chi connectivity index (χ4n) is 1.06. The Labute approximate surface area is 81.8 Å². The molecule has 0 amide bonds. The lowest BCUT2D eigenvalue weighted by Gasteiger charge is -2.33. The summed E-state index contributed by atoms with van der Waals surface area (Å²) in [6.45, 7) is 5.45. The minimum Gasteiger partial charge on any atom is -0.408 e. The smallest absolute Gasteiger partial charge is 0.308 e. The largest absolute Gasteiger partial charge is 0.408 e. The Kier molecular flexibility index (Phi) is 6.18. The Morgan fingerprint density at radius 1 is 1.23 bits per heavy atom. The Bertz CT molecular complexity index is 139. The van der Waals surface area contributed by atoms with Gasteiger partial charge in [0.15, 0.2) is 9.76 Å². The molecule has 0 rings (SSSR count). The van der Waals surface area contributed by atoms with Crippen molar-refractivity contribution in [3.05, 3.63) is 12.3 Å². The van der Waals surface area contributed by atoms with E-state index in [9.17, 15) is 0 Å². The van der Waals surface area contributed by atoms with Crippen LogP contribution in [0, 0.1) is 0 Å². The number of rotatable bonds is 7. The van der Waals surface area contributed by atoms with Crippen LogP contribution in [0.1, 0.15) is 6.92 Å². The van der Waals surface area contributed by atoms with Crippen LogP contribution in [0.5, 0.6) is 0 Å². The highest BCUT2D eigenvalue weighted by atomic mass is 28.2. The third kappa shape index (κ3) is 3.20. The average molecular weight is 206 g/mol. The van der Waals surface area contributed by atoms with E-state index in [0.29, 0.717) is 0 Å². The first kappa shape index (κ1) is 12.8. The highest BCUT2D eigenvalue weighted by molar-refractivity contribution is 6.34. The van der Waals surface area contributed by atoms with Crippen LogP contribution in [0.25, 0.3) is 0 Å². The van der Waals surface area contributed by atoms with E-state index >= 15 is 0 Å². The molecule has 0 aromatic carbocycles. The van der Waals surface area contributed by atoms with Crippen LogP contribution in [0.3, 0.4) is 0 Å². The third-order valence-electron chi connectivity index (χ3n) is 1.82. The summed E-state index contributed by atoms with van der Waals surface area (Å²) in [6, 6.07) is 0. The van der Waals surface area contributed by atoms with E-state index < -0.39 is 15.7 Å². The van der Waals surface area contributed by atoms with Crippen molar-refractivity contribution in [1.82, 2.24) is 0 Å². The normalized spacial score (nSPS) is 15.1. The van der Waals surface area contributed by atoms with E-state index in [0.717, 1.165) is 0 Å². The highest BCUT2D eigenvalue weighted by Crippen LogP contribution is 2.19. The minimum atomic E-state index is -1.10. The predicted octanol–water partition coefficient (Wildman–Crippen LogP) is 0.212. The summed E-state index contributed by atoms with van der Waals surface area (Å²) in [4.78, 5) is 0. The molecule has 0 saturated carbocycles. The van der Waals surface area contributed by atoms with Gasteiger partial charge in [0, 0.05) is 21.3 Å². The van der Waals surface area contributed by atoms with Gasteiger partial charge >= 0.3 is 5.97 Å². The first-order valence-electron chi connectivity index (χ1n) is 4.04. The van der Waals surface area contributed by atoms with Crippen LogP contribution < -0.4 is 0 Å². The first-order valence-corrected chi connectivity index (χ1v) is 5.44. The lowest BCUT2D eigenvalue weighted by Crippen LogP contribution is -2.48. The SMILES string of the molecule is C=C[SiH2]OC(C)C(OC)(OC)OC. The molecule has 0 aliphatic heterocycles. The van der Waals surface area contributed by atoms with Gasteiger partial charge in [0.05, 0.1) is 0 Å². The van der Waals surface area contributed by atoms with Crippen molar-refractivity contribution in [1.29, 1.82) is 0 Å². The molecule has 0 aromatic heterocycles. The molecule has 0 aromatic rings. The topological polar surface area (TPSA) is 36.9 Å². The van der Waals surface area contributed by atoms with Crippen LogP contribution >= 0.6 is 0 Å². The summed E-state index contributed by atoms with van der Waals surface area (Å²) in [5.41, 5.74) is 1.79. The second-order valence-corrected chi connectivity index (χ2v) is 3.72. The van der Waals surface area contributed by atoms with Gasteiger partial charge in [-0.3, -0.25) is 0 Å². The molecule has 0 spiro atoms. The monoisotopic (exact) mass is 206 g/mol. The quantitative estimate of drug-likeness (QED) is 0.441. The molecule has 0 radical (unpaired) electrons. The van der Waals surface area contributed by atoms with Gasteiger partial charge in [0.1, 0.15) is 6.10 Å². The van der Waals surface area contributed by atoms with E-state index in [2.05, 4.69) is 6.58 Å². The second-order valence-electron chi connectivity index (χ2n) is 2.48. The van der Waals surface area contributed by atoms with Gasteiger partial charge in [-0.05, 0) is 6.92 Å². The van der Waals surface area contributed by atoms with Crippen molar-refractivity contribution in [2.45, 2.75) is 19.0 Å². The zero-order valence-electron chi connectivity index (χ0n) is 8.70. The molecular weight excluding hydrogens is 188 g/mol. The summed E-state index contributed by atoms with van der Waals surface area (Å²) in [5.74, 6) is -1.10. The van der Waals surface area contributed by atoms with E-state index in [1.54, 1.807) is 5.70 Å².